The maximum Gasteiger partial charge on any atom is 0.0362 e. The first-order valence-electron chi connectivity index (χ1n) is 7.97. The van der Waals surface area contributed by atoms with Crippen molar-refractivity contribution in [3.05, 3.63) is 21.9 Å². The van der Waals surface area contributed by atoms with Gasteiger partial charge in [0.1, 0.15) is 0 Å². The molecule has 0 bridgehead atoms. The van der Waals surface area contributed by atoms with Gasteiger partial charge in [0.2, 0.25) is 0 Å². The van der Waals surface area contributed by atoms with Gasteiger partial charge in [0.15, 0.2) is 0 Å². The van der Waals surface area contributed by atoms with Gasteiger partial charge in [0.25, 0.3) is 0 Å². The second-order valence-electron chi connectivity index (χ2n) is 6.07. The van der Waals surface area contributed by atoms with E-state index in [4.69, 9.17) is 0 Å². The molecule has 1 saturated carbocycles. The van der Waals surface area contributed by atoms with Crippen LogP contribution in [0.1, 0.15) is 61.9 Å². The van der Waals surface area contributed by atoms with Crippen LogP contribution in [0.15, 0.2) is 11.4 Å². The van der Waals surface area contributed by atoms with Gasteiger partial charge in [-0.2, -0.15) is 0 Å². The van der Waals surface area contributed by atoms with Crippen molar-refractivity contribution < 1.29 is 4.21 Å². The van der Waals surface area contributed by atoms with Gasteiger partial charge in [0.05, 0.1) is 0 Å². The normalized spacial score (nSPS) is 31.8. The van der Waals surface area contributed by atoms with Gasteiger partial charge in [-0.05, 0) is 55.5 Å². The summed E-state index contributed by atoms with van der Waals surface area (Å²) in [7, 11) is -0.616. The molecule has 0 saturated heterocycles. The molecule has 112 valence electrons. The molecule has 4 heteroatoms. The summed E-state index contributed by atoms with van der Waals surface area (Å²) in [6, 6.07) is 3.42. The molecule has 2 aliphatic rings. The topological polar surface area (TPSA) is 29.1 Å². The molecule has 1 aromatic rings. The summed E-state index contributed by atoms with van der Waals surface area (Å²) < 4.78 is 12.0. The third-order valence-corrected chi connectivity index (χ3v) is 7.51. The predicted octanol–water partition coefficient (Wildman–Crippen LogP) is 3.79. The van der Waals surface area contributed by atoms with Gasteiger partial charge in [-0.15, -0.1) is 11.3 Å². The lowest BCUT2D eigenvalue weighted by Gasteiger charge is -2.34. The van der Waals surface area contributed by atoms with Gasteiger partial charge >= 0.3 is 0 Å². The number of aryl methyl sites for hydroxylation is 1. The van der Waals surface area contributed by atoms with Crippen LogP contribution >= 0.6 is 11.3 Å². The predicted molar refractivity (Wildman–Crippen MR) is 87.9 cm³/mol. The van der Waals surface area contributed by atoms with Crippen molar-refractivity contribution in [2.45, 2.75) is 69.2 Å². The summed E-state index contributed by atoms with van der Waals surface area (Å²) in [5.41, 5.74) is 1.54. The van der Waals surface area contributed by atoms with Gasteiger partial charge in [0, 0.05) is 38.8 Å². The maximum absolute atomic E-state index is 12.0. The lowest BCUT2D eigenvalue weighted by molar-refractivity contribution is 0.324. The molecule has 2 aliphatic carbocycles. The first-order valence-corrected chi connectivity index (χ1v) is 10.2. The van der Waals surface area contributed by atoms with Gasteiger partial charge in [-0.3, -0.25) is 4.21 Å². The highest BCUT2D eigenvalue weighted by atomic mass is 32.2. The number of fused-ring (bicyclic) bond motifs is 1. The number of thiophene rings is 1. The Balaban J connectivity index is 1.63. The Hall–Kier alpha value is -0.190. The average Bonchev–Trinajstić information content (AvgIpc) is 2.96. The smallest absolute Gasteiger partial charge is 0.0362 e. The van der Waals surface area contributed by atoms with Crippen LogP contribution < -0.4 is 5.32 Å². The van der Waals surface area contributed by atoms with Crippen LogP contribution in [0.2, 0.25) is 0 Å². The van der Waals surface area contributed by atoms with Crippen LogP contribution in [0, 0.1) is 0 Å². The molecule has 0 aromatic carbocycles. The monoisotopic (exact) mass is 311 g/mol. The second-order valence-corrected chi connectivity index (χ2v) is 9.07. The zero-order valence-corrected chi connectivity index (χ0v) is 13.9. The van der Waals surface area contributed by atoms with E-state index in [1.807, 2.05) is 18.3 Å². The molecule has 3 rings (SSSR count). The molecule has 0 amide bonds. The largest absolute Gasteiger partial charge is 0.307 e. The Morgan fingerprint density at radius 2 is 2.25 bits per heavy atom. The minimum absolute atomic E-state index is 0.428. The van der Waals surface area contributed by atoms with Crippen LogP contribution in [0.3, 0.4) is 0 Å². The fraction of sp³-hybridized carbons (Fsp3) is 0.750. The molecule has 1 heterocycles. The summed E-state index contributed by atoms with van der Waals surface area (Å²) in [6.45, 7) is 2.05. The van der Waals surface area contributed by atoms with Crippen molar-refractivity contribution in [3.8, 4) is 0 Å². The van der Waals surface area contributed by atoms with E-state index >= 15 is 0 Å². The average molecular weight is 312 g/mol. The number of nitrogens with one attached hydrogen (secondary N) is 1. The summed E-state index contributed by atoms with van der Waals surface area (Å²) in [4.78, 5) is 1.58. The minimum atomic E-state index is -0.616. The molecule has 0 spiro atoms. The highest BCUT2D eigenvalue weighted by Gasteiger charge is 2.29. The van der Waals surface area contributed by atoms with Crippen molar-refractivity contribution in [1.82, 2.24) is 5.32 Å². The Morgan fingerprint density at radius 3 is 3.10 bits per heavy atom. The quantitative estimate of drug-likeness (QED) is 0.916. The Labute approximate surface area is 128 Å². The fourth-order valence-corrected chi connectivity index (χ4v) is 6.05. The molecule has 1 fully saturated rings. The van der Waals surface area contributed by atoms with Crippen LogP contribution in [0.5, 0.6) is 0 Å². The SMILES string of the molecule is CC[S@](=O)[C@@H]1CCC[C@@H](N[C@H]2CCCc3sccc32)C1. The van der Waals surface area contributed by atoms with Gasteiger partial charge < -0.3 is 5.32 Å². The van der Waals surface area contributed by atoms with Crippen LogP contribution in [-0.2, 0) is 17.2 Å². The molecule has 1 N–H and O–H groups in total. The van der Waals surface area contributed by atoms with E-state index in [1.54, 1.807) is 10.4 Å². The Kier molecular flexibility index (Phi) is 4.95. The van der Waals surface area contributed by atoms with Crippen molar-refractivity contribution in [2.75, 3.05) is 5.75 Å². The van der Waals surface area contributed by atoms with E-state index in [1.165, 1.54) is 32.1 Å². The van der Waals surface area contributed by atoms with E-state index in [0.29, 0.717) is 17.3 Å². The molecule has 0 radical (unpaired) electrons. The summed E-state index contributed by atoms with van der Waals surface area (Å²) in [5, 5.41) is 6.55. The highest BCUT2D eigenvalue weighted by Crippen LogP contribution is 2.35. The van der Waals surface area contributed by atoms with Crippen molar-refractivity contribution in [1.29, 1.82) is 0 Å². The van der Waals surface area contributed by atoms with E-state index in [-0.39, 0.29) is 0 Å². The van der Waals surface area contributed by atoms with E-state index in [9.17, 15) is 4.21 Å². The van der Waals surface area contributed by atoms with Crippen LogP contribution in [0.25, 0.3) is 0 Å². The minimum Gasteiger partial charge on any atom is -0.307 e. The summed E-state index contributed by atoms with van der Waals surface area (Å²) in [6.07, 6.45) is 8.59. The van der Waals surface area contributed by atoms with Crippen molar-refractivity contribution >= 4 is 22.1 Å². The molecule has 0 unspecified atom stereocenters. The standard InChI is InChI=1S/C16H25NOS2/c1-2-20(18)13-6-3-5-12(11-13)17-15-7-4-8-16-14(15)9-10-19-16/h9-10,12-13,15,17H,2-8,11H2,1H3/t12-,13-,15+,20+/m1/s1. The molecular weight excluding hydrogens is 286 g/mol. The van der Waals surface area contributed by atoms with E-state index < -0.39 is 10.8 Å². The Morgan fingerprint density at radius 1 is 1.35 bits per heavy atom. The summed E-state index contributed by atoms with van der Waals surface area (Å²) >= 11 is 1.91. The molecule has 20 heavy (non-hydrogen) atoms. The molecule has 0 aliphatic heterocycles. The first kappa shape index (κ1) is 14.7. The van der Waals surface area contributed by atoms with Crippen LogP contribution in [-0.4, -0.2) is 21.3 Å². The van der Waals surface area contributed by atoms with Crippen molar-refractivity contribution in [3.63, 3.8) is 0 Å². The third kappa shape index (κ3) is 3.18. The number of hydrogen-bond acceptors (Lipinski definition) is 3. The van der Waals surface area contributed by atoms with Gasteiger partial charge in [-0.25, -0.2) is 0 Å². The molecule has 2 nitrogen and oxygen atoms in total. The fourth-order valence-electron chi connectivity index (χ4n) is 3.71. The Bertz CT molecular complexity index is 471. The summed E-state index contributed by atoms with van der Waals surface area (Å²) in [5.74, 6) is 0.815. The van der Waals surface area contributed by atoms with E-state index in [0.717, 1.165) is 18.6 Å². The third-order valence-electron chi connectivity index (χ3n) is 4.77. The number of hydrogen-bond donors (Lipinski definition) is 1. The molecule has 1 aromatic heterocycles. The number of rotatable bonds is 4. The zero-order valence-electron chi connectivity index (χ0n) is 12.3. The zero-order chi connectivity index (χ0) is 13.9. The highest BCUT2D eigenvalue weighted by molar-refractivity contribution is 7.85. The first-order chi connectivity index (χ1) is 9.78. The molecule has 4 atom stereocenters. The molecular formula is C16H25NOS2. The van der Waals surface area contributed by atoms with E-state index in [2.05, 4.69) is 16.8 Å². The van der Waals surface area contributed by atoms with Gasteiger partial charge in [-0.1, -0.05) is 13.3 Å². The lowest BCUT2D eigenvalue weighted by Crippen LogP contribution is -2.40. The van der Waals surface area contributed by atoms with Crippen LogP contribution in [0.4, 0.5) is 0 Å². The lowest BCUT2D eigenvalue weighted by atomic mass is 9.90. The second kappa shape index (κ2) is 6.71. The van der Waals surface area contributed by atoms with Crippen molar-refractivity contribution in [2.24, 2.45) is 0 Å². The maximum atomic E-state index is 12.0.